The van der Waals surface area contributed by atoms with Crippen molar-refractivity contribution in [2.24, 2.45) is 5.41 Å². The van der Waals surface area contributed by atoms with Crippen LogP contribution >= 0.6 is 0 Å². The fraction of sp³-hybridized carbons (Fsp3) is 0.529. The molecule has 2 aliphatic rings. The third kappa shape index (κ3) is 2.94. The number of carbonyl (C=O) groups excluding carboxylic acids is 2. The van der Waals surface area contributed by atoms with Crippen molar-refractivity contribution in [2.45, 2.75) is 32.1 Å². The molecule has 1 aromatic carbocycles. The Hall–Kier alpha value is -1.84. The Morgan fingerprint density at radius 1 is 1.14 bits per heavy atom. The van der Waals surface area contributed by atoms with Crippen LogP contribution in [0, 0.1) is 5.41 Å². The first kappa shape index (κ1) is 14.1. The second-order valence-electron chi connectivity index (χ2n) is 6.18. The highest BCUT2D eigenvalue weighted by atomic mass is 16.2. The summed E-state index contributed by atoms with van der Waals surface area (Å²) in [7, 11) is 0. The van der Waals surface area contributed by atoms with Crippen molar-refractivity contribution < 1.29 is 9.59 Å². The van der Waals surface area contributed by atoms with Gasteiger partial charge < -0.3 is 10.2 Å². The minimum absolute atomic E-state index is 0.177. The van der Waals surface area contributed by atoms with Gasteiger partial charge in [0.05, 0.1) is 11.8 Å². The third-order valence-corrected chi connectivity index (χ3v) is 4.87. The van der Waals surface area contributed by atoms with E-state index < -0.39 is 0 Å². The molecule has 112 valence electrons. The molecule has 0 aliphatic carbocycles. The van der Waals surface area contributed by atoms with Gasteiger partial charge >= 0.3 is 0 Å². The van der Waals surface area contributed by atoms with Gasteiger partial charge in [-0.2, -0.15) is 0 Å². The highest BCUT2D eigenvalue weighted by Crippen LogP contribution is 2.38. The lowest BCUT2D eigenvalue weighted by molar-refractivity contribution is -0.132. The van der Waals surface area contributed by atoms with E-state index in [1.54, 1.807) is 0 Å². The lowest BCUT2D eigenvalue weighted by Crippen LogP contribution is -2.35. The predicted octanol–water partition coefficient (Wildman–Crippen LogP) is 1.75. The molecule has 1 unspecified atom stereocenters. The maximum Gasteiger partial charge on any atom is 0.226 e. The highest BCUT2D eigenvalue weighted by Gasteiger charge is 2.43. The lowest BCUT2D eigenvalue weighted by Gasteiger charge is -2.24. The highest BCUT2D eigenvalue weighted by molar-refractivity contribution is 5.85. The van der Waals surface area contributed by atoms with Crippen molar-refractivity contribution >= 4 is 11.8 Å². The van der Waals surface area contributed by atoms with Crippen LogP contribution in [0.25, 0.3) is 0 Å². The number of nitrogens with one attached hydrogen (secondary N) is 1. The number of likely N-dealkylation sites (tertiary alicyclic amines) is 1. The molecule has 1 N–H and O–H groups in total. The van der Waals surface area contributed by atoms with Gasteiger partial charge in [-0.1, -0.05) is 30.3 Å². The van der Waals surface area contributed by atoms with E-state index in [4.69, 9.17) is 0 Å². The SMILES string of the molecule is O=C(Cc1ccccc1)N1CCCC2(CCNC2=O)CC1. The third-order valence-electron chi connectivity index (χ3n) is 4.87. The molecule has 2 saturated heterocycles. The van der Waals surface area contributed by atoms with E-state index in [0.29, 0.717) is 13.0 Å². The van der Waals surface area contributed by atoms with E-state index in [1.807, 2.05) is 35.2 Å². The number of hydrogen-bond donors (Lipinski definition) is 1. The van der Waals surface area contributed by atoms with E-state index in [-0.39, 0.29) is 17.2 Å². The van der Waals surface area contributed by atoms with E-state index >= 15 is 0 Å². The Labute approximate surface area is 125 Å². The minimum atomic E-state index is -0.207. The molecule has 0 saturated carbocycles. The topological polar surface area (TPSA) is 49.4 Å². The van der Waals surface area contributed by atoms with Crippen molar-refractivity contribution in [3.8, 4) is 0 Å². The van der Waals surface area contributed by atoms with Gasteiger partial charge in [-0.25, -0.2) is 0 Å². The van der Waals surface area contributed by atoms with Gasteiger partial charge in [0.2, 0.25) is 11.8 Å². The molecule has 21 heavy (non-hydrogen) atoms. The average molecular weight is 286 g/mol. The molecular weight excluding hydrogens is 264 g/mol. The number of benzene rings is 1. The van der Waals surface area contributed by atoms with E-state index in [0.717, 1.165) is 44.3 Å². The minimum Gasteiger partial charge on any atom is -0.356 e. The predicted molar refractivity (Wildman–Crippen MR) is 80.6 cm³/mol. The van der Waals surface area contributed by atoms with E-state index in [9.17, 15) is 9.59 Å². The van der Waals surface area contributed by atoms with Gasteiger partial charge in [0.15, 0.2) is 0 Å². The first-order valence-corrected chi connectivity index (χ1v) is 7.80. The number of rotatable bonds is 2. The van der Waals surface area contributed by atoms with Crippen LogP contribution in [-0.2, 0) is 16.0 Å². The zero-order valence-electron chi connectivity index (χ0n) is 12.3. The van der Waals surface area contributed by atoms with Gasteiger partial charge in [-0.3, -0.25) is 9.59 Å². The zero-order valence-corrected chi connectivity index (χ0v) is 12.3. The summed E-state index contributed by atoms with van der Waals surface area (Å²) in [5, 5.41) is 2.95. The molecule has 4 nitrogen and oxygen atoms in total. The van der Waals surface area contributed by atoms with Crippen molar-refractivity contribution in [3.05, 3.63) is 35.9 Å². The summed E-state index contributed by atoms with van der Waals surface area (Å²) < 4.78 is 0. The van der Waals surface area contributed by atoms with Crippen molar-refractivity contribution in [3.63, 3.8) is 0 Å². The van der Waals surface area contributed by atoms with Gasteiger partial charge in [0.25, 0.3) is 0 Å². The maximum atomic E-state index is 12.4. The van der Waals surface area contributed by atoms with Gasteiger partial charge in [-0.15, -0.1) is 0 Å². The Bertz CT molecular complexity index is 529. The zero-order chi connectivity index (χ0) is 14.7. The van der Waals surface area contributed by atoms with E-state index in [1.165, 1.54) is 0 Å². The van der Waals surface area contributed by atoms with Gasteiger partial charge in [0.1, 0.15) is 0 Å². The van der Waals surface area contributed by atoms with Crippen LogP contribution in [0.2, 0.25) is 0 Å². The molecule has 0 aromatic heterocycles. The van der Waals surface area contributed by atoms with Crippen LogP contribution < -0.4 is 5.32 Å². The fourth-order valence-electron chi connectivity index (χ4n) is 3.52. The first-order valence-electron chi connectivity index (χ1n) is 7.80. The summed E-state index contributed by atoms with van der Waals surface area (Å²) in [6.45, 7) is 2.27. The molecule has 0 radical (unpaired) electrons. The van der Waals surface area contributed by atoms with Crippen LogP contribution in [0.1, 0.15) is 31.2 Å². The van der Waals surface area contributed by atoms with Crippen molar-refractivity contribution in [1.82, 2.24) is 10.2 Å². The standard InChI is InChI=1S/C17H22N2O2/c20-15(13-14-5-2-1-3-6-14)19-11-4-7-17(9-12-19)8-10-18-16(17)21/h1-3,5-6H,4,7-13H2,(H,18,21). The summed E-state index contributed by atoms with van der Waals surface area (Å²) in [4.78, 5) is 26.4. The van der Waals surface area contributed by atoms with Crippen LogP contribution in [0.15, 0.2) is 30.3 Å². The molecular formula is C17H22N2O2. The number of carbonyl (C=O) groups is 2. The van der Waals surface area contributed by atoms with Crippen LogP contribution in [0.4, 0.5) is 0 Å². The molecule has 3 rings (SSSR count). The van der Waals surface area contributed by atoms with Crippen LogP contribution in [-0.4, -0.2) is 36.3 Å². The summed E-state index contributed by atoms with van der Waals surface area (Å²) in [5.74, 6) is 0.372. The number of amides is 2. The molecule has 2 heterocycles. The number of nitrogens with zero attached hydrogens (tertiary/aromatic N) is 1. The smallest absolute Gasteiger partial charge is 0.226 e. The molecule has 2 fully saturated rings. The molecule has 1 spiro atoms. The Morgan fingerprint density at radius 2 is 1.95 bits per heavy atom. The normalized spacial score (nSPS) is 25.7. The van der Waals surface area contributed by atoms with E-state index in [2.05, 4.69) is 5.32 Å². The van der Waals surface area contributed by atoms with Crippen LogP contribution in [0.5, 0.6) is 0 Å². The van der Waals surface area contributed by atoms with Crippen molar-refractivity contribution in [2.75, 3.05) is 19.6 Å². The largest absolute Gasteiger partial charge is 0.356 e. The molecule has 4 heteroatoms. The lowest BCUT2D eigenvalue weighted by atomic mass is 9.79. The maximum absolute atomic E-state index is 12.4. The summed E-state index contributed by atoms with van der Waals surface area (Å²) in [5.41, 5.74) is 0.849. The second kappa shape index (κ2) is 5.88. The average Bonchev–Trinajstić information content (AvgIpc) is 2.72. The monoisotopic (exact) mass is 286 g/mol. The van der Waals surface area contributed by atoms with Crippen molar-refractivity contribution in [1.29, 1.82) is 0 Å². The summed E-state index contributed by atoms with van der Waals surface area (Å²) in [6.07, 6.45) is 4.02. The van der Waals surface area contributed by atoms with Gasteiger partial charge in [0, 0.05) is 19.6 Å². The quantitative estimate of drug-likeness (QED) is 0.900. The Kier molecular flexibility index (Phi) is 3.95. The molecule has 2 amide bonds. The molecule has 1 aromatic rings. The first-order chi connectivity index (χ1) is 10.2. The Morgan fingerprint density at radius 3 is 2.67 bits per heavy atom. The fourth-order valence-corrected chi connectivity index (χ4v) is 3.52. The Balaban J connectivity index is 1.62. The molecule has 2 aliphatic heterocycles. The molecule has 0 bridgehead atoms. The summed E-state index contributed by atoms with van der Waals surface area (Å²) in [6, 6.07) is 9.86. The van der Waals surface area contributed by atoms with Gasteiger partial charge in [-0.05, 0) is 31.2 Å². The summed E-state index contributed by atoms with van der Waals surface area (Å²) >= 11 is 0. The second-order valence-corrected chi connectivity index (χ2v) is 6.18. The van der Waals surface area contributed by atoms with Crippen LogP contribution in [0.3, 0.4) is 0 Å². The molecule has 1 atom stereocenters. The number of hydrogen-bond acceptors (Lipinski definition) is 2.